The molecular formula is C16H15ClN2O3. The third-order valence-corrected chi connectivity index (χ3v) is 3.32. The summed E-state index contributed by atoms with van der Waals surface area (Å²) in [6.45, 7) is 0. The van der Waals surface area contributed by atoms with Gasteiger partial charge in [0.1, 0.15) is 6.04 Å². The molecule has 2 rings (SSSR count). The van der Waals surface area contributed by atoms with Crippen LogP contribution in [0.25, 0.3) is 0 Å². The fourth-order valence-electron chi connectivity index (χ4n) is 1.93. The molecule has 0 saturated carbocycles. The lowest BCUT2D eigenvalue weighted by Gasteiger charge is -2.16. The van der Waals surface area contributed by atoms with Crippen LogP contribution in [-0.4, -0.2) is 30.0 Å². The largest absolute Gasteiger partial charge is 0.467 e. The topological polar surface area (TPSA) is 68.3 Å². The maximum absolute atomic E-state index is 12.1. The molecule has 5 nitrogen and oxygen atoms in total. The molecule has 6 heteroatoms. The number of methoxy groups -OCH3 is 1. The Morgan fingerprint density at radius 2 is 2.00 bits per heavy atom. The van der Waals surface area contributed by atoms with Crippen molar-refractivity contribution in [3.63, 3.8) is 0 Å². The summed E-state index contributed by atoms with van der Waals surface area (Å²) in [5.74, 6) is -0.885. The van der Waals surface area contributed by atoms with Gasteiger partial charge in [-0.05, 0) is 29.8 Å². The van der Waals surface area contributed by atoms with Gasteiger partial charge in [-0.2, -0.15) is 0 Å². The lowest BCUT2D eigenvalue weighted by Crippen LogP contribution is -2.43. The second-order valence-electron chi connectivity index (χ2n) is 4.62. The SMILES string of the molecule is COC(=O)[C@@H](Cc1ccc(Cl)cc1)NC(=O)c1cccnc1. The summed E-state index contributed by atoms with van der Waals surface area (Å²) >= 11 is 5.83. The van der Waals surface area contributed by atoms with E-state index in [2.05, 4.69) is 10.3 Å². The monoisotopic (exact) mass is 318 g/mol. The number of halogens is 1. The van der Waals surface area contributed by atoms with Crippen molar-refractivity contribution in [2.75, 3.05) is 7.11 Å². The molecule has 1 aromatic carbocycles. The zero-order valence-electron chi connectivity index (χ0n) is 12.0. The Hall–Kier alpha value is -2.40. The van der Waals surface area contributed by atoms with Crippen LogP contribution >= 0.6 is 11.6 Å². The number of esters is 1. The van der Waals surface area contributed by atoms with Gasteiger partial charge in [0, 0.05) is 23.8 Å². The normalized spacial score (nSPS) is 11.5. The van der Waals surface area contributed by atoms with E-state index < -0.39 is 12.0 Å². The maximum atomic E-state index is 12.1. The van der Waals surface area contributed by atoms with Crippen molar-refractivity contribution in [1.82, 2.24) is 10.3 Å². The number of rotatable bonds is 5. The van der Waals surface area contributed by atoms with Crippen molar-refractivity contribution in [2.24, 2.45) is 0 Å². The Labute approximate surface area is 133 Å². The lowest BCUT2D eigenvalue weighted by molar-refractivity contribution is -0.142. The number of amides is 1. The molecule has 0 aliphatic carbocycles. The van der Waals surface area contributed by atoms with Crippen LogP contribution in [0.15, 0.2) is 48.8 Å². The van der Waals surface area contributed by atoms with Crippen LogP contribution in [0.4, 0.5) is 0 Å². The first-order valence-corrected chi connectivity index (χ1v) is 7.01. The van der Waals surface area contributed by atoms with E-state index in [9.17, 15) is 9.59 Å². The Balaban J connectivity index is 2.11. The summed E-state index contributed by atoms with van der Waals surface area (Å²) in [5.41, 5.74) is 1.25. The van der Waals surface area contributed by atoms with Crippen LogP contribution in [0.3, 0.4) is 0 Å². The first-order valence-electron chi connectivity index (χ1n) is 6.63. The van der Waals surface area contributed by atoms with E-state index in [1.807, 2.05) is 0 Å². The van der Waals surface area contributed by atoms with Crippen molar-refractivity contribution in [3.05, 3.63) is 64.9 Å². The number of hydrogen-bond donors (Lipinski definition) is 1. The van der Waals surface area contributed by atoms with Gasteiger partial charge in [-0.3, -0.25) is 9.78 Å². The minimum absolute atomic E-state index is 0.315. The average Bonchev–Trinajstić information content (AvgIpc) is 2.56. The van der Waals surface area contributed by atoms with E-state index >= 15 is 0 Å². The first kappa shape index (κ1) is 16.0. The highest BCUT2D eigenvalue weighted by Crippen LogP contribution is 2.12. The van der Waals surface area contributed by atoms with Gasteiger partial charge in [-0.25, -0.2) is 4.79 Å². The molecule has 1 amide bonds. The molecule has 114 valence electrons. The second-order valence-corrected chi connectivity index (χ2v) is 5.06. The van der Waals surface area contributed by atoms with Crippen molar-refractivity contribution in [2.45, 2.75) is 12.5 Å². The highest BCUT2D eigenvalue weighted by molar-refractivity contribution is 6.30. The Bertz CT molecular complexity index is 644. The van der Waals surface area contributed by atoms with Gasteiger partial charge in [-0.15, -0.1) is 0 Å². The number of aromatic nitrogens is 1. The van der Waals surface area contributed by atoms with Gasteiger partial charge in [0.15, 0.2) is 0 Å². The molecule has 0 spiro atoms. The lowest BCUT2D eigenvalue weighted by atomic mass is 10.1. The third-order valence-electron chi connectivity index (χ3n) is 3.07. The van der Waals surface area contributed by atoms with E-state index in [4.69, 9.17) is 16.3 Å². The summed E-state index contributed by atoms with van der Waals surface area (Å²) in [5, 5.41) is 3.27. The number of benzene rings is 1. The number of hydrogen-bond acceptors (Lipinski definition) is 4. The second kappa shape index (κ2) is 7.56. The van der Waals surface area contributed by atoms with Gasteiger partial charge < -0.3 is 10.1 Å². The molecule has 2 aromatic rings. The predicted octanol–water partition coefficient (Wildman–Crippen LogP) is 2.25. The number of pyridine rings is 1. The van der Waals surface area contributed by atoms with Crippen molar-refractivity contribution >= 4 is 23.5 Å². The maximum Gasteiger partial charge on any atom is 0.328 e. The van der Waals surface area contributed by atoms with Crippen LogP contribution in [0.1, 0.15) is 15.9 Å². The molecule has 0 radical (unpaired) electrons. The minimum atomic E-state index is -0.779. The highest BCUT2D eigenvalue weighted by Gasteiger charge is 2.22. The highest BCUT2D eigenvalue weighted by atomic mass is 35.5. The zero-order valence-corrected chi connectivity index (χ0v) is 12.7. The molecule has 0 bridgehead atoms. The van der Waals surface area contributed by atoms with Gasteiger partial charge in [-0.1, -0.05) is 23.7 Å². The van der Waals surface area contributed by atoms with Crippen LogP contribution in [-0.2, 0) is 16.0 Å². The molecule has 0 unspecified atom stereocenters. The molecule has 0 aliphatic rings. The summed E-state index contributed by atoms with van der Waals surface area (Å²) in [6.07, 6.45) is 3.32. The van der Waals surface area contributed by atoms with Gasteiger partial charge >= 0.3 is 5.97 Å². The third kappa shape index (κ3) is 4.30. The molecule has 1 atom stereocenters. The van der Waals surface area contributed by atoms with Crippen molar-refractivity contribution < 1.29 is 14.3 Å². The van der Waals surface area contributed by atoms with Crippen molar-refractivity contribution in [1.29, 1.82) is 0 Å². The number of ether oxygens (including phenoxy) is 1. The fourth-order valence-corrected chi connectivity index (χ4v) is 2.06. The minimum Gasteiger partial charge on any atom is -0.467 e. The summed E-state index contributed by atoms with van der Waals surface area (Å²) in [6, 6.07) is 9.56. The number of carbonyl (C=O) groups is 2. The van der Waals surface area contributed by atoms with Gasteiger partial charge in [0.05, 0.1) is 12.7 Å². The van der Waals surface area contributed by atoms with E-state index in [1.165, 1.54) is 13.3 Å². The molecule has 1 N–H and O–H groups in total. The molecular weight excluding hydrogens is 304 g/mol. The molecule has 22 heavy (non-hydrogen) atoms. The quantitative estimate of drug-likeness (QED) is 0.859. The van der Waals surface area contributed by atoms with E-state index in [0.29, 0.717) is 17.0 Å². The summed E-state index contributed by atoms with van der Waals surface area (Å²) in [4.78, 5) is 27.9. The van der Waals surface area contributed by atoms with Crippen LogP contribution in [0, 0.1) is 0 Å². The smallest absolute Gasteiger partial charge is 0.328 e. The molecule has 1 heterocycles. The number of carbonyl (C=O) groups excluding carboxylic acids is 2. The van der Waals surface area contributed by atoms with Gasteiger partial charge in [0.2, 0.25) is 0 Å². The first-order chi connectivity index (χ1) is 10.6. The van der Waals surface area contributed by atoms with Gasteiger partial charge in [0.25, 0.3) is 5.91 Å². The van der Waals surface area contributed by atoms with E-state index in [-0.39, 0.29) is 5.91 Å². The van der Waals surface area contributed by atoms with Crippen molar-refractivity contribution in [3.8, 4) is 0 Å². The molecule has 0 saturated heterocycles. The number of nitrogens with one attached hydrogen (secondary N) is 1. The van der Waals surface area contributed by atoms with Crippen LogP contribution in [0.2, 0.25) is 5.02 Å². The average molecular weight is 319 g/mol. The molecule has 0 fully saturated rings. The van der Waals surface area contributed by atoms with E-state index in [0.717, 1.165) is 5.56 Å². The number of nitrogens with zero attached hydrogens (tertiary/aromatic N) is 1. The zero-order chi connectivity index (χ0) is 15.9. The van der Waals surface area contributed by atoms with E-state index in [1.54, 1.807) is 42.6 Å². The summed E-state index contributed by atoms with van der Waals surface area (Å²) < 4.78 is 4.75. The predicted molar refractivity (Wildman–Crippen MR) is 82.7 cm³/mol. The van der Waals surface area contributed by atoms with Crippen LogP contribution < -0.4 is 5.32 Å². The molecule has 0 aliphatic heterocycles. The Kier molecular flexibility index (Phi) is 5.49. The fraction of sp³-hybridized carbons (Fsp3) is 0.188. The standard InChI is InChI=1S/C16H15ClN2O3/c1-22-16(21)14(9-11-4-6-13(17)7-5-11)19-15(20)12-3-2-8-18-10-12/h2-8,10,14H,9H2,1H3,(H,19,20)/t14-/m1/s1. The Morgan fingerprint density at radius 3 is 2.59 bits per heavy atom. The Morgan fingerprint density at radius 1 is 1.27 bits per heavy atom. The molecule has 1 aromatic heterocycles. The summed E-state index contributed by atoms with van der Waals surface area (Å²) in [7, 11) is 1.29. The van der Waals surface area contributed by atoms with Crippen LogP contribution in [0.5, 0.6) is 0 Å².